The van der Waals surface area contributed by atoms with Crippen LogP contribution in [0.3, 0.4) is 0 Å². The minimum Gasteiger partial charge on any atom is -0.486 e. The Kier molecular flexibility index (Phi) is 7.07. The van der Waals surface area contributed by atoms with Crippen molar-refractivity contribution in [3.05, 3.63) is 89.4 Å². The lowest BCUT2D eigenvalue weighted by Gasteiger charge is -2.28. The number of benzene rings is 2. The van der Waals surface area contributed by atoms with E-state index in [4.69, 9.17) is 13.9 Å². The molecule has 1 aliphatic heterocycles. The summed E-state index contributed by atoms with van der Waals surface area (Å²) in [6, 6.07) is 19.5. The molecule has 0 spiro atoms. The van der Waals surface area contributed by atoms with Crippen LogP contribution in [0, 0.1) is 0 Å². The highest BCUT2D eigenvalue weighted by atomic mass is 16.5. The molecule has 1 aliphatic rings. The molecule has 5 nitrogen and oxygen atoms in total. The molecule has 0 unspecified atom stereocenters. The van der Waals surface area contributed by atoms with Gasteiger partial charge in [-0.1, -0.05) is 26.0 Å². The predicted molar refractivity (Wildman–Crippen MR) is 126 cm³/mol. The lowest BCUT2D eigenvalue weighted by molar-refractivity contribution is 0.104. The number of nitrogens with zero attached hydrogens (tertiary/aromatic N) is 1. The topological polar surface area (TPSA) is 51.9 Å². The van der Waals surface area contributed by atoms with Gasteiger partial charge in [0.05, 0.1) is 13.2 Å². The van der Waals surface area contributed by atoms with Crippen LogP contribution in [0.25, 0.3) is 6.08 Å². The van der Waals surface area contributed by atoms with E-state index in [0.717, 1.165) is 37.7 Å². The van der Waals surface area contributed by atoms with E-state index in [-0.39, 0.29) is 5.78 Å². The van der Waals surface area contributed by atoms with Crippen LogP contribution in [0.15, 0.2) is 71.2 Å². The minimum atomic E-state index is -0.0574. The van der Waals surface area contributed by atoms with Gasteiger partial charge in [-0.3, -0.25) is 4.79 Å². The number of morpholine rings is 1. The van der Waals surface area contributed by atoms with Crippen LogP contribution in [-0.2, 0) is 11.3 Å². The standard InChI is InChI=1S/C27H29NO4/c1-20(2)21-5-9-24(10-6-21)31-19-26-12-11-25(32-26)13-14-27(29)22-3-7-23(8-4-22)28-15-17-30-18-16-28/h3-14,20H,15-19H2,1-2H3/b14-13+. The number of rotatable bonds is 8. The zero-order valence-electron chi connectivity index (χ0n) is 18.6. The van der Waals surface area contributed by atoms with E-state index < -0.39 is 0 Å². The lowest BCUT2D eigenvalue weighted by Crippen LogP contribution is -2.36. The average Bonchev–Trinajstić information content (AvgIpc) is 3.30. The van der Waals surface area contributed by atoms with Gasteiger partial charge in [0.15, 0.2) is 5.78 Å². The quantitative estimate of drug-likeness (QED) is 0.337. The molecule has 32 heavy (non-hydrogen) atoms. The molecule has 0 N–H and O–H groups in total. The highest BCUT2D eigenvalue weighted by Gasteiger charge is 2.11. The van der Waals surface area contributed by atoms with E-state index in [1.807, 2.05) is 48.5 Å². The number of hydrogen-bond acceptors (Lipinski definition) is 5. The molecule has 5 heteroatoms. The normalized spacial score (nSPS) is 14.3. The van der Waals surface area contributed by atoms with Gasteiger partial charge in [-0.15, -0.1) is 0 Å². The molecule has 166 valence electrons. The summed E-state index contributed by atoms with van der Waals surface area (Å²) in [5, 5.41) is 0. The number of anilines is 1. The Labute approximate surface area is 189 Å². The summed E-state index contributed by atoms with van der Waals surface area (Å²) in [7, 11) is 0. The fourth-order valence-electron chi connectivity index (χ4n) is 3.58. The molecule has 2 heterocycles. The third-order valence-corrected chi connectivity index (χ3v) is 5.54. The first-order valence-corrected chi connectivity index (χ1v) is 11.0. The monoisotopic (exact) mass is 431 g/mol. The maximum absolute atomic E-state index is 12.5. The van der Waals surface area contributed by atoms with E-state index in [1.54, 1.807) is 6.08 Å². The molecule has 1 aromatic heterocycles. The molecule has 0 radical (unpaired) electrons. The van der Waals surface area contributed by atoms with Gasteiger partial charge in [-0.2, -0.15) is 0 Å². The van der Waals surface area contributed by atoms with Crippen molar-refractivity contribution in [1.82, 2.24) is 0 Å². The van der Waals surface area contributed by atoms with Crippen molar-refractivity contribution >= 4 is 17.5 Å². The maximum atomic E-state index is 12.5. The van der Waals surface area contributed by atoms with Crippen molar-refractivity contribution in [3.8, 4) is 5.75 Å². The molecule has 0 atom stereocenters. The predicted octanol–water partition coefficient (Wildman–Crippen LogP) is 5.71. The first-order valence-electron chi connectivity index (χ1n) is 11.0. The van der Waals surface area contributed by atoms with E-state index in [0.29, 0.717) is 29.6 Å². The molecule has 1 fully saturated rings. The number of allylic oxidation sites excluding steroid dienone is 1. The number of carbonyl (C=O) groups is 1. The molecular formula is C27H29NO4. The SMILES string of the molecule is CC(C)c1ccc(OCc2ccc(/C=C/C(=O)c3ccc(N4CCOCC4)cc3)o2)cc1. The van der Waals surface area contributed by atoms with Gasteiger partial charge < -0.3 is 18.8 Å². The molecular weight excluding hydrogens is 402 g/mol. The Morgan fingerprint density at radius 1 is 1.00 bits per heavy atom. The summed E-state index contributed by atoms with van der Waals surface area (Å²) in [5.41, 5.74) is 3.05. The summed E-state index contributed by atoms with van der Waals surface area (Å²) in [6.07, 6.45) is 3.23. The van der Waals surface area contributed by atoms with E-state index in [2.05, 4.69) is 30.9 Å². The highest BCUT2D eigenvalue weighted by molar-refractivity contribution is 6.06. The smallest absolute Gasteiger partial charge is 0.185 e. The number of carbonyl (C=O) groups excluding carboxylic acids is 1. The van der Waals surface area contributed by atoms with E-state index >= 15 is 0 Å². The average molecular weight is 432 g/mol. The first-order chi connectivity index (χ1) is 15.6. The van der Waals surface area contributed by atoms with Crippen LogP contribution in [0.1, 0.15) is 47.2 Å². The number of furan rings is 1. The molecule has 0 saturated carbocycles. The van der Waals surface area contributed by atoms with Gasteiger partial charge in [-0.05, 0) is 72.2 Å². The number of ether oxygens (including phenoxy) is 2. The van der Waals surface area contributed by atoms with Crippen LogP contribution < -0.4 is 9.64 Å². The third kappa shape index (κ3) is 5.68. The Morgan fingerprint density at radius 3 is 2.41 bits per heavy atom. The Morgan fingerprint density at radius 2 is 1.72 bits per heavy atom. The zero-order valence-corrected chi connectivity index (χ0v) is 18.6. The maximum Gasteiger partial charge on any atom is 0.185 e. The lowest BCUT2D eigenvalue weighted by atomic mass is 10.0. The summed E-state index contributed by atoms with van der Waals surface area (Å²) >= 11 is 0. The van der Waals surface area contributed by atoms with Gasteiger partial charge >= 0.3 is 0 Å². The zero-order chi connectivity index (χ0) is 22.3. The molecule has 0 amide bonds. The summed E-state index contributed by atoms with van der Waals surface area (Å²) < 4.78 is 17.0. The van der Waals surface area contributed by atoms with E-state index in [9.17, 15) is 4.79 Å². The summed E-state index contributed by atoms with van der Waals surface area (Å²) in [4.78, 5) is 14.8. The van der Waals surface area contributed by atoms with Crippen LogP contribution in [0.2, 0.25) is 0 Å². The van der Waals surface area contributed by atoms with E-state index in [1.165, 1.54) is 11.6 Å². The summed E-state index contributed by atoms with van der Waals surface area (Å²) in [6.45, 7) is 7.90. The fourth-order valence-corrected chi connectivity index (χ4v) is 3.58. The number of hydrogen-bond donors (Lipinski definition) is 0. The first kappa shape index (κ1) is 21.9. The van der Waals surface area contributed by atoms with Crippen molar-refractivity contribution < 1.29 is 18.7 Å². The summed E-state index contributed by atoms with van der Waals surface area (Å²) in [5.74, 6) is 2.57. The Hall–Kier alpha value is -3.31. The highest BCUT2D eigenvalue weighted by Crippen LogP contribution is 2.21. The minimum absolute atomic E-state index is 0.0574. The van der Waals surface area contributed by atoms with Crippen molar-refractivity contribution in [2.24, 2.45) is 0 Å². The van der Waals surface area contributed by atoms with Gasteiger partial charge in [0.25, 0.3) is 0 Å². The molecule has 2 aromatic carbocycles. The third-order valence-electron chi connectivity index (χ3n) is 5.54. The molecule has 3 aromatic rings. The Bertz CT molecular complexity index is 1040. The Balaban J connectivity index is 1.30. The van der Waals surface area contributed by atoms with Crippen molar-refractivity contribution in [2.45, 2.75) is 26.4 Å². The molecule has 4 rings (SSSR count). The second-order valence-corrected chi connectivity index (χ2v) is 8.16. The molecule has 0 bridgehead atoms. The second kappa shape index (κ2) is 10.3. The van der Waals surface area contributed by atoms with Crippen LogP contribution in [-0.4, -0.2) is 32.1 Å². The largest absolute Gasteiger partial charge is 0.486 e. The van der Waals surface area contributed by atoms with Gasteiger partial charge in [0, 0.05) is 24.3 Å². The van der Waals surface area contributed by atoms with Crippen molar-refractivity contribution in [1.29, 1.82) is 0 Å². The molecule has 0 aliphatic carbocycles. The fraction of sp³-hybridized carbons (Fsp3) is 0.296. The number of ketones is 1. The van der Waals surface area contributed by atoms with Gasteiger partial charge in [0.1, 0.15) is 23.9 Å². The van der Waals surface area contributed by atoms with Crippen LogP contribution in [0.5, 0.6) is 5.75 Å². The van der Waals surface area contributed by atoms with Crippen LogP contribution in [0.4, 0.5) is 5.69 Å². The molecule has 1 saturated heterocycles. The van der Waals surface area contributed by atoms with Crippen molar-refractivity contribution in [2.75, 3.05) is 31.2 Å². The van der Waals surface area contributed by atoms with Crippen molar-refractivity contribution in [3.63, 3.8) is 0 Å². The van der Waals surface area contributed by atoms with Gasteiger partial charge in [0.2, 0.25) is 0 Å². The van der Waals surface area contributed by atoms with Crippen LogP contribution >= 0.6 is 0 Å². The van der Waals surface area contributed by atoms with Gasteiger partial charge in [-0.25, -0.2) is 0 Å². The second-order valence-electron chi connectivity index (χ2n) is 8.16.